The molecule has 0 aliphatic heterocycles. The fourth-order valence-corrected chi connectivity index (χ4v) is 2.92. The topological polar surface area (TPSA) is 52.6 Å². The van der Waals surface area contributed by atoms with Gasteiger partial charge in [0.1, 0.15) is 0 Å². The van der Waals surface area contributed by atoms with E-state index in [1.807, 2.05) is 6.92 Å². The summed E-state index contributed by atoms with van der Waals surface area (Å²) in [7, 11) is 2.91. The normalized spacial score (nSPS) is 13.3. The first-order valence-corrected chi connectivity index (χ1v) is 9.67. The number of carbonyl (C=O) groups excluding carboxylic acids is 2. The van der Waals surface area contributed by atoms with E-state index in [9.17, 15) is 9.59 Å². The Kier molecular flexibility index (Phi) is 14.8. The van der Waals surface area contributed by atoms with Crippen LogP contribution in [0.25, 0.3) is 0 Å². The molecule has 0 saturated heterocycles. The quantitative estimate of drug-likeness (QED) is 0.300. The zero-order valence-corrected chi connectivity index (χ0v) is 16.3. The van der Waals surface area contributed by atoms with Gasteiger partial charge in [0.25, 0.3) is 0 Å². The van der Waals surface area contributed by atoms with Crippen LogP contribution in [0.4, 0.5) is 0 Å². The van der Waals surface area contributed by atoms with Crippen LogP contribution in [0.3, 0.4) is 0 Å². The van der Waals surface area contributed by atoms with Crippen LogP contribution in [0, 0.1) is 11.8 Å². The monoisotopic (exact) mass is 342 g/mol. The largest absolute Gasteiger partial charge is 0.469 e. The van der Waals surface area contributed by atoms with Crippen LogP contribution in [0.2, 0.25) is 0 Å². The molecule has 0 aliphatic rings. The summed E-state index contributed by atoms with van der Waals surface area (Å²) in [4.78, 5) is 22.4. The highest BCUT2D eigenvalue weighted by atomic mass is 16.5. The minimum absolute atomic E-state index is 0.00850. The molecule has 24 heavy (non-hydrogen) atoms. The lowest BCUT2D eigenvalue weighted by atomic mass is 9.90. The van der Waals surface area contributed by atoms with Crippen molar-refractivity contribution in [1.82, 2.24) is 0 Å². The van der Waals surface area contributed by atoms with Gasteiger partial charge in [0.15, 0.2) is 0 Å². The summed E-state index contributed by atoms with van der Waals surface area (Å²) in [6.45, 7) is 4.10. The van der Waals surface area contributed by atoms with Gasteiger partial charge in [-0.15, -0.1) is 0 Å². The molecule has 0 fully saturated rings. The van der Waals surface area contributed by atoms with Crippen molar-refractivity contribution < 1.29 is 19.1 Å². The predicted molar refractivity (Wildman–Crippen MR) is 97.8 cm³/mol. The molecule has 0 radical (unpaired) electrons. The third kappa shape index (κ3) is 12.4. The van der Waals surface area contributed by atoms with E-state index in [0.717, 1.165) is 19.3 Å². The van der Waals surface area contributed by atoms with Gasteiger partial charge in [-0.1, -0.05) is 71.6 Å². The lowest BCUT2D eigenvalue weighted by Crippen LogP contribution is -2.20. The van der Waals surface area contributed by atoms with Crippen LogP contribution < -0.4 is 0 Å². The Balaban J connectivity index is 3.31. The number of rotatable bonds is 15. The molecule has 0 heterocycles. The van der Waals surface area contributed by atoms with Gasteiger partial charge in [0, 0.05) is 6.42 Å². The first-order chi connectivity index (χ1) is 11.5. The fourth-order valence-electron chi connectivity index (χ4n) is 2.92. The van der Waals surface area contributed by atoms with Gasteiger partial charge in [-0.25, -0.2) is 0 Å². The molecule has 0 aliphatic carbocycles. The average Bonchev–Trinajstić information content (AvgIpc) is 2.60. The van der Waals surface area contributed by atoms with E-state index in [2.05, 4.69) is 11.7 Å². The molecule has 2 atom stereocenters. The molecule has 4 nitrogen and oxygen atoms in total. The number of esters is 2. The van der Waals surface area contributed by atoms with Crippen molar-refractivity contribution in [3.05, 3.63) is 0 Å². The predicted octanol–water partition coefficient (Wildman–Crippen LogP) is 5.29. The van der Waals surface area contributed by atoms with E-state index >= 15 is 0 Å². The Morgan fingerprint density at radius 1 is 0.708 bits per heavy atom. The maximum atomic E-state index is 11.5. The Bertz CT molecular complexity index is 328. The number of carbonyl (C=O) groups is 2. The van der Waals surface area contributed by atoms with Gasteiger partial charge in [-0.05, 0) is 18.8 Å². The van der Waals surface area contributed by atoms with E-state index < -0.39 is 0 Å². The van der Waals surface area contributed by atoms with E-state index in [4.69, 9.17) is 4.74 Å². The molecule has 0 rings (SSSR count). The Morgan fingerprint density at radius 2 is 1.17 bits per heavy atom. The number of ether oxygens (including phenoxy) is 2. The third-order valence-electron chi connectivity index (χ3n) is 4.94. The average molecular weight is 343 g/mol. The van der Waals surface area contributed by atoms with E-state index in [1.54, 1.807) is 0 Å². The maximum absolute atomic E-state index is 11.5. The van der Waals surface area contributed by atoms with Crippen molar-refractivity contribution in [3.63, 3.8) is 0 Å². The van der Waals surface area contributed by atoms with Gasteiger partial charge >= 0.3 is 11.9 Å². The number of methoxy groups -OCH3 is 2. The molecular formula is C20H38O4. The fraction of sp³-hybridized carbons (Fsp3) is 0.900. The molecule has 0 saturated carbocycles. The second-order valence-electron chi connectivity index (χ2n) is 6.94. The van der Waals surface area contributed by atoms with Crippen molar-refractivity contribution in [2.75, 3.05) is 14.2 Å². The summed E-state index contributed by atoms with van der Waals surface area (Å²) < 4.78 is 9.42. The Hall–Kier alpha value is -1.06. The molecule has 0 bridgehead atoms. The van der Waals surface area contributed by atoms with Crippen molar-refractivity contribution in [2.45, 2.75) is 90.9 Å². The lowest BCUT2D eigenvalue weighted by molar-refractivity contribution is -0.146. The molecule has 4 heteroatoms. The molecule has 2 unspecified atom stereocenters. The first-order valence-electron chi connectivity index (χ1n) is 9.67. The van der Waals surface area contributed by atoms with E-state index in [-0.39, 0.29) is 17.9 Å². The summed E-state index contributed by atoms with van der Waals surface area (Å²) in [6, 6.07) is 0. The molecular weight excluding hydrogens is 304 g/mol. The summed E-state index contributed by atoms with van der Waals surface area (Å²) in [5.74, 6) is 0.232. The Labute approximate surface area is 148 Å². The van der Waals surface area contributed by atoms with Gasteiger partial charge in [0.05, 0.1) is 20.1 Å². The van der Waals surface area contributed by atoms with Crippen molar-refractivity contribution in [3.8, 4) is 0 Å². The Morgan fingerprint density at radius 3 is 1.62 bits per heavy atom. The minimum atomic E-state index is -0.0923. The van der Waals surface area contributed by atoms with Crippen molar-refractivity contribution >= 4 is 11.9 Å². The van der Waals surface area contributed by atoms with Crippen LogP contribution in [-0.4, -0.2) is 26.2 Å². The van der Waals surface area contributed by atoms with Crippen LogP contribution in [0.1, 0.15) is 90.9 Å². The standard InChI is InChI=1S/C20H38O4/c1-17(18(2)20(22)24-4)15-13-11-9-7-5-6-8-10-12-14-16-19(21)23-3/h17-18H,5-16H2,1-4H3. The SMILES string of the molecule is COC(=O)CCCCCCCCCCCCC(C)C(C)C(=O)OC. The molecule has 0 spiro atoms. The molecule has 0 aromatic rings. The highest BCUT2D eigenvalue weighted by Crippen LogP contribution is 2.20. The summed E-state index contributed by atoms with van der Waals surface area (Å²) >= 11 is 0. The minimum Gasteiger partial charge on any atom is -0.469 e. The molecule has 0 aromatic carbocycles. The van der Waals surface area contributed by atoms with E-state index in [1.165, 1.54) is 65.6 Å². The zero-order chi connectivity index (χ0) is 18.2. The summed E-state index contributed by atoms with van der Waals surface area (Å²) in [5.41, 5.74) is 0. The van der Waals surface area contributed by atoms with E-state index in [0.29, 0.717) is 12.3 Å². The zero-order valence-electron chi connectivity index (χ0n) is 16.3. The number of unbranched alkanes of at least 4 members (excludes halogenated alkanes) is 9. The second kappa shape index (κ2) is 15.5. The highest BCUT2D eigenvalue weighted by Gasteiger charge is 2.19. The second-order valence-corrected chi connectivity index (χ2v) is 6.94. The lowest BCUT2D eigenvalue weighted by Gasteiger charge is -2.17. The van der Waals surface area contributed by atoms with Crippen LogP contribution in [0.15, 0.2) is 0 Å². The molecule has 0 N–H and O–H groups in total. The third-order valence-corrected chi connectivity index (χ3v) is 4.94. The smallest absolute Gasteiger partial charge is 0.308 e. The van der Waals surface area contributed by atoms with Crippen molar-refractivity contribution in [2.24, 2.45) is 11.8 Å². The molecule has 0 aromatic heterocycles. The molecule has 0 amide bonds. The maximum Gasteiger partial charge on any atom is 0.308 e. The van der Waals surface area contributed by atoms with Crippen LogP contribution >= 0.6 is 0 Å². The highest BCUT2D eigenvalue weighted by molar-refractivity contribution is 5.72. The van der Waals surface area contributed by atoms with Crippen LogP contribution in [-0.2, 0) is 19.1 Å². The first kappa shape index (κ1) is 22.9. The number of hydrogen-bond acceptors (Lipinski definition) is 4. The number of hydrogen-bond donors (Lipinski definition) is 0. The van der Waals surface area contributed by atoms with Gasteiger partial charge in [-0.2, -0.15) is 0 Å². The van der Waals surface area contributed by atoms with Gasteiger partial charge < -0.3 is 9.47 Å². The van der Waals surface area contributed by atoms with Gasteiger partial charge in [0.2, 0.25) is 0 Å². The molecule has 142 valence electrons. The summed E-state index contributed by atoms with van der Waals surface area (Å²) in [5, 5.41) is 0. The summed E-state index contributed by atoms with van der Waals surface area (Å²) in [6.07, 6.45) is 13.9. The van der Waals surface area contributed by atoms with Crippen molar-refractivity contribution in [1.29, 1.82) is 0 Å². The van der Waals surface area contributed by atoms with Crippen LogP contribution in [0.5, 0.6) is 0 Å². The van der Waals surface area contributed by atoms with Gasteiger partial charge in [-0.3, -0.25) is 9.59 Å².